The Labute approximate surface area is 144 Å². The average Bonchev–Trinajstić information content (AvgIpc) is 2.82. The van der Waals surface area contributed by atoms with Crippen LogP contribution in [-0.4, -0.2) is 28.5 Å². The lowest BCUT2D eigenvalue weighted by Crippen LogP contribution is -2.12. The summed E-state index contributed by atoms with van der Waals surface area (Å²) in [7, 11) is 0. The Morgan fingerprint density at radius 2 is 2.23 bits per heavy atom. The number of nitrogens with zero attached hydrogens (tertiary/aromatic N) is 2. The Morgan fingerprint density at radius 1 is 1.50 bits per heavy atom. The lowest BCUT2D eigenvalue weighted by atomic mass is 10.3. The smallest absolute Gasteiger partial charge is 0.350 e. The predicted octanol–water partition coefficient (Wildman–Crippen LogP) is 3.69. The first-order valence-corrected chi connectivity index (χ1v) is 8.18. The van der Waals surface area contributed by atoms with E-state index in [-0.39, 0.29) is 17.3 Å². The number of carbonyl (C=O) groups is 2. The summed E-state index contributed by atoms with van der Waals surface area (Å²) in [6.07, 6.45) is 1.49. The maximum Gasteiger partial charge on any atom is 0.350 e. The lowest BCUT2D eigenvalue weighted by molar-refractivity contribution is 0.0531. The lowest BCUT2D eigenvalue weighted by Gasteiger charge is -2.03. The van der Waals surface area contributed by atoms with Crippen molar-refractivity contribution in [3.8, 4) is 0 Å². The van der Waals surface area contributed by atoms with Crippen molar-refractivity contribution in [2.45, 2.75) is 13.8 Å². The summed E-state index contributed by atoms with van der Waals surface area (Å²) in [5.41, 5.74) is 0.707. The van der Waals surface area contributed by atoms with Crippen LogP contribution in [0.3, 0.4) is 0 Å². The van der Waals surface area contributed by atoms with Gasteiger partial charge in [-0.1, -0.05) is 22.9 Å². The van der Waals surface area contributed by atoms with Crippen molar-refractivity contribution in [2.75, 3.05) is 11.9 Å². The van der Waals surface area contributed by atoms with Gasteiger partial charge in [-0.3, -0.25) is 10.1 Å². The molecule has 9 heteroatoms. The maximum absolute atomic E-state index is 12.2. The second kappa shape index (κ2) is 7.17. The van der Waals surface area contributed by atoms with Gasteiger partial charge in [-0.05, 0) is 35.8 Å². The minimum absolute atomic E-state index is 0.0830. The van der Waals surface area contributed by atoms with E-state index in [0.29, 0.717) is 20.2 Å². The number of amides is 1. The van der Waals surface area contributed by atoms with Crippen LogP contribution >= 0.6 is 38.9 Å². The minimum Gasteiger partial charge on any atom is -0.462 e. The number of hydrogen-bond donors (Lipinski definition) is 1. The zero-order chi connectivity index (χ0) is 16.3. The van der Waals surface area contributed by atoms with Gasteiger partial charge in [0.15, 0.2) is 5.13 Å². The molecule has 0 unspecified atom stereocenters. The normalized spacial score (nSPS) is 10.4. The van der Waals surface area contributed by atoms with Gasteiger partial charge in [-0.2, -0.15) is 0 Å². The number of aromatic nitrogens is 2. The van der Waals surface area contributed by atoms with E-state index in [9.17, 15) is 9.59 Å². The highest BCUT2D eigenvalue weighted by Crippen LogP contribution is 2.25. The molecule has 0 aliphatic heterocycles. The third-order valence-electron chi connectivity index (χ3n) is 2.53. The van der Waals surface area contributed by atoms with Gasteiger partial charge < -0.3 is 4.74 Å². The molecule has 0 aliphatic carbocycles. The van der Waals surface area contributed by atoms with Crippen LogP contribution in [0.2, 0.25) is 5.15 Å². The zero-order valence-corrected chi connectivity index (χ0v) is 14.8. The van der Waals surface area contributed by atoms with E-state index in [0.717, 1.165) is 11.3 Å². The molecule has 0 aliphatic rings. The number of nitrogens with one attached hydrogen (secondary N) is 1. The number of hydrogen-bond acceptors (Lipinski definition) is 6. The quantitative estimate of drug-likeness (QED) is 0.621. The highest BCUT2D eigenvalue weighted by atomic mass is 79.9. The largest absolute Gasteiger partial charge is 0.462 e. The third-order valence-corrected chi connectivity index (χ3v) is 4.32. The number of thiazole rings is 1. The van der Waals surface area contributed by atoms with Gasteiger partial charge in [0.2, 0.25) is 0 Å². The Bertz CT molecular complexity index is 735. The number of esters is 1. The van der Waals surface area contributed by atoms with Gasteiger partial charge in [-0.15, -0.1) is 0 Å². The molecular formula is C13H11BrClN3O3S. The van der Waals surface area contributed by atoms with Crippen molar-refractivity contribution in [1.29, 1.82) is 0 Å². The molecule has 6 nitrogen and oxygen atoms in total. The summed E-state index contributed by atoms with van der Waals surface area (Å²) in [5, 5.41) is 2.98. The van der Waals surface area contributed by atoms with Gasteiger partial charge in [0.05, 0.1) is 17.9 Å². The summed E-state index contributed by atoms with van der Waals surface area (Å²) < 4.78 is 5.56. The molecule has 116 valence electrons. The number of anilines is 1. The standard InChI is InChI=1S/C13H11BrClN3O3S/c1-3-21-12(20)9-6(2)17-13(22-9)18-11(19)8-4-7(14)5-16-10(8)15/h4-5H,3H2,1-2H3,(H,17,18,19). The second-order valence-corrected chi connectivity index (χ2v) is 6.37. The van der Waals surface area contributed by atoms with E-state index in [1.807, 2.05) is 0 Å². The van der Waals surface area contributed by atoms with Gasteiger partial charge >= 0.3 is 5.97 Å². The Hall–Kier alpha value is -1.51. The fraction of sp³-hybridized carbons (Fsp3) is 0.231. The molecule has 1 amide bonds. The molecule has 0 atom stereocenters. The number of carbonyl (C=O) groups excluding carboxylic acids is 2. The Morgan fingerprint density at radius 3 is 2.91 bits per heavy atom. The molecular weight excluding hydrogens is 394 g/mol. The van der Waals surface area contributed by atoms with Gasteiger partial charge in [0.1, 0.15) is 10.0 Å². The van der Waals surface area contributed by atoms with Crippen LogP contribution in [0.25, 0.3) is 0 Å². The fourth-order valence-electron chi connectivity index (χ4n) is 1.58. The van der Waals surface area contributed by atoms with Crippen molar-refractivity contribution in [2.24, 2.45) is 0 Å². The molecule has 0 fully saturated rings. The van der Waals surface area contributed by atoms with Gasteiger partial charge in [-0.25, -0.2) is 14.8 Å². The minimum atomic E-state index is -0.458. The summed E-state index contributed by atoms with van der Waals surface area (Å²) in [4.78, 5) is 32.3. The SMILES string of the molecule is CCOC(=O)c1sc(NC(=O)c2cc(Br)cnc2Cl)nc1C. The number of pyridine rings is 1. The van der Waals surface area contributed by atoms with Gasteiger partial charge in [0.25, 0.3) is 5.91 Å². The van der Waals surface area contributed by atoms with Crippen molar-refractivity contribution in [1.82, 2.24) is 9.97 Å². The first-order chi connectivity index (χ1) is 10.4. The average molecular weight is 405 g/mol. The Balaban J connectivity index is 2.20. The second-order valence-electron chi connectivity index (χ2n) is 4.10. The predicted molar refractivity (Wildman–Crippen MR) is 87.7 cm³/mol. The molecule has 0 aromatic carbocycles. The summed E-state index contributed by atoms with van der Waals surface area (Å²) in [6, 6.07) is 1.55. The highest BCUT2D eigenvalue weighted by molar-refractivity contribution is 9.10. The summed E-state index contributed by atoms with van der Waals surface area (Å²) in [5.74, 6) is -0.914. The van der Waals surface area contributed by atoms with Crippen LogP contribution in [0, 0.1) is 6.92 Å². The van der Waals surface area contributed by atoms with Crippen molar-refractivity contribution in [3.05, 3.63) is 38.0 Å². The molecule has 2 heterocycles. The van der Waals surface area contributed by atoms with Crippen LogP contribution in [0.15, 0.2) is 16.7 Å². The van der Waals surface area contributed by atoms with Crippen LogP contribution < -0.4 is 5.32 Å². The zero-order valence-electron chi connectivity index (χ0n) is 11.6. The Kier molecular flexibility index (Phi) is 5.49. The molecule has 22 heavy (non-hydrogen) atoms. The van der Waals surface area contributed by atoms with Crippen molar-refractivity contribution < 1.29 is 14.3 Å². The molecule has 0 spiro atoms. The number of rotatable bonds is 4. The van der Waals surface area contributed by atoms with E-state index in [4.69, 9.17) is 16.3 Å². The topological polar surface area (TPSA) is 81.2 Å². The van der Waals surface area contributed by atoms with E-state index < -0.39 is 11.9 Å². The monoisotopic (exact) mass is 403 g/mol. The van der Waals surface area contributed by atoms with Crippen LogP contribution in [-0.2, 0) is 4.74 Å². The van der Waals surface area contributed by atoms with E-state index >= 15 is 0 Å². The molecule has 0 saturated heterocycles. The number of halogens is 2. The van der Waals surface area contributed by atoms with E-state index in [1.54, 1.807) is 19.9 Å². The molecule has 0 saturated carbocycles. The van der Waals surface area contributed by atoms with E-state index in [1.165, 1.54) is 6.20 Å². The third kappa shape index (κ3) is 3.82. The first-order valence-electron chi connectivity index (χ1n) is 6.19. The summed E-state index contributed by atoms with van der Waals surface area (Å²) in [6.45, 7) is 3.67. The molecule has 1 N–H and O–H groups in total. The van der Waals surface area contributed by atoms with Crippen LogP contribution in [0.4, 0.5) is 5.13 Å². The molecule has 2 aromatic heterocycles. The summed E-state index contributed by atoms with van der Waals surface area (Å²) >= 11 is 10.2. The van der Waals surface area contributed by atoms with Crippen LogP contribution in [0.5, 0.6) is 0 Å². The fourth-order valence-corrected chi connectivity index (χ4v) is 2.96. The van der Waals surface area contributed by atoms with E-state index in [2.05, 4.69) is 31.2 Å². The first kappa shape index (κ1) is 16.9. The maximum atomic E-state index is 12.2. The van der Waals surface area contributed by atoms with Crippen molar-refractivity contribution in [3.63, 3.8) is 0 Å². The molecule has 2 rings (SSSR count). The highest BCUT2D eigenvalue weighted by Gasteiger charge is 2.19. The van der Waals surface area contributed by atoms with Gasteiger partial charge in [0, 0.05) is 10.7 Å². The van der Waals surface area contributed by atoms with Crippen molar-refractivity contribution >= 4 is 55.9 Å². The molecule has 0 bridgehead atoms. The van der Waals surface area contributed by atoms with Crippen LogP contribution in [0.1, 0.15) is 32.6 Å². The number of aryl methyl sites for hydroxylation is 1. The molecule has 2 aromatic rings. The molecule has 0 radical (unpaired) electrons. The number of ether oxygens (including phenoxy) is 1.